The predicted molar refractivity (Wildman–Crippen MR) is 71.4 cm³/mol. The molecule has 1 N–H and O–H groups in total. The Bertz CT molecular complexity index is 475. The average molecular weight is 380 g/mol. The number of rotatable bonds is 4. The van der Waals surface area contributed by atoms with Gasteiger partial charge in [0.05, 0.1) is 9.35 Å². The third-order valence-corrected chi connectivity index (χ3v) is 2.57. The number of nitro groups is 1. The molecule has 0 aliphatic heterocycles. The molecule has 1 amide bonds. The van der Waals surface area contributed by atoms with Gasteiger partial charge in [-0.25, -0.2) is 4.79 Å². The largest absolute Gasteiger partial charge is 0.533 e. The lowest BCUT2D eigenvalue weighted by molar-refractivity contribution is -0.384. The highest BCUT2D eigenvalue weighted by molar-refractivity contribution is 14.1. The van der Waals surface area contributed by atoms with Gasteiger partial charge in [-0.1, -0.05) is 22.6 Å². The second-order valence-corrected chi connectivity index (χ2v) is 3.99. The van der Waals surface area contributed by atoms with E-state index in [1.165, 1.54) is 24.3 Å². The molecule has 0 saturated carbocycles. The minimum atomic E-state index is -1.06. The molecule has 0 atom stereocenters. The van der Waals surface area contributed by atoms with E-state index >= 15 is 0 Å². The fourth-order valence-corrected chi connectivity index (χ4v) is 1.17. The molecule has 1 aromatic carbocycles. The number of alkyl halides is 1. The molecule has 0 fully saturated rings. The molecule has 19 heavy (non-hydrogen) atoms. The lowest BCUT2D eigenvalue weighted by atomic mass is 10.2. The standard InChI is InChI=1S/C10H9IN2O6/c11-5-9(14)12-19-10(15)18-6-7-1-3-8(4-2-7)13(16)17/h1-4H,5-6H2,(H,12,14). The Labute approximate surface area is 121 Å². The molecule has 8 nitrogen and oxygen atoms in total. The first-order valence-electron chi connectivity index (χ1n) is 4.94. The number of ether oxygens (including phenoxy) is 1. The maximum Gasteiger partial charge on any atom is 0.533 e. The van der Waals surface area contributed by atoms with E-state index in [-0.39, 0.29) is 16.7 Å². The van der Waals surface area contributed by atoms with Crippen molar-refractivity contribution in [3.05, 3.63) is 39.9 Å². The molecule has 0 aliphatic carbocycles. The monoisotopic (exact) mass is 380 g/mol. The summed E-state index contributed by atoms with van der Waals surface area (Å²) in [6.45, 7) is -0.114. The lowest BCUT2D eigenvalue weighted by Gasteiger charge is -2.05. The first-order valence-corrected chi connectivity index (χ1v) is 6.47. The third kappa shape index (κ3) is 5.50. The molecular formula is C10H9IN2O6. The lowest BCUT2D eigenvalue weighted by Crippen LogP contribution is -2.28. The van der Waals surface area contributed by atoms with Crippen molar-refractivity contribution in [2.75, 3.05) is 4.43 Å². The third-order valence-electron chi connectivity index (χ3n) is 1.87. The molecular weight excluding hydrogens is 371 g/mol. The van der Waals surface area contributed by atoms with Crippen molar-refractivity contribution < 1.29 is 24.1 Å². The van der Waals surface area contributed by atoms with Crippen molar-refractivity contribution in [2.24, 2.45) is 0 Å². The van der Waals surface area contributed by atoms with Gasteiger partial charge in [-0.05, 0) is 17.7 Å². The number of amides is 1. The van der Waals surface area contributed by atoms with Crippen LogP contribution in [-0.4, -0.2) is 21.4 Å². The first-order chi connectivity index (χ1) is 9.02. The van der Waals surface area contributed by atoms with Crippen LogP contribution in [0.25, 0.3) is 0 Å². The number of hydrogen-bond acceptors (Lipinski definition) is 6. The number of carbonyl (C=O) groups excluding carboxylic acids is 2. The van der Waals surface area contributed by atoms with Gasteiger partial charge in [0.25, 0.3) is 11.6 Å². The van der Waals surface area contributed by atoms with E-state index < -0.39 is 17.0 Å². The topological polar surface area (TPSA) is 108 Å². The maximum atomic E-state index is 11.0. The maximum absolute atomic E-state index is 11.0. The zero-order chi connectivity index (χ0) is 14.3. The summed E-state index contributed by atoms with van der Waals surface area (Å²) >= 11 is 1.80. The summed E-state index contributed by atoms with van der Waals surface area (Å²) in [5, 5.41) is 10.4. The van der Waals surface area contributed by atoms with Crippen LogP contribution in [0, 0.1) is 10.1 Å². The minimum absolute atomic E-state index is 0.0550. The van der Waals surface area contributed by atoms with Crippen molar-refractivity contribution in [2.45, 2.75) is 6.61 Å². The van der Waals surface area contributed by atoms with Gasteiger partial charge in [0.1, 0.15) is 6.61 Å². The van der Waals surface area contributed by atoms with E-state index in [1.54, 1.807) is 22.6 Å². The Morgan fingerprint density at radius 3 is 2.47 bits per heavy atom. The van der Waals surface area contributed by atoms with Crippen LogP contribution in [0.3, 0.4) is 0 Å². The van der Waals surface area contributed by atoms with Gasteiger partial charge in [0.15, 0.2) is 0 Å². The zero-order valence-corrected chi connectivity index (χ0v) is 11.7. The Morgan fingerprint density at radius 1 is 1.32 bits per heavy atom. The molecule has 102 valence electrons. The number of hydroxylamine groups is 1. The van der Waals surface area contributed by atoms with Crippen molar-refractivity contribution >= 4 is 40.3 Å². The summed E-state index contributed by atoms with van der Waals surface area (Å²) in [6.07, 6.45) is -1.06. The SMILES string of the molecule is O=C(CI)NOC(=O)OCc1ccc([N+](=O)[O-])cc1. The van der Waals surface area contributed by atoms with Gasteiger partial charge in [-0.15, -0.1) is 0 Å². The number of nitro benzene ring substituents is 1. The van der Waals surface area contributed by atoms with Crippen LogP contribution in [0.1, 0.15) is 5.56 Å². The second-order valence-electron chi connectivity index (χ2n) is 3.22. The Hall–Kier alpha value is -1.91. The molecule has 0 radical (unpaired) electrons. The van der Waals surface area contributed by atoms with Crippen LogP contribution in [0.5, 0.6) is 0 Å². The van der Waals surface area contributed by atoms with Crippen molar-refractivity contribution in [1.29, 1.82) is 0 Å². The number of nitrogens with zero attached hydrogens (tertiary/aromatic N) is 1. The molecule has 0 spiro atoms. The van der Waals surface area contributed by atoms with Crippen LogP contribution >= 0.6 is 22.6 Å². The van der Waals surface area contributed by atoms with E-state index in [9.17, 15) is 19.7 Å². The van der Waals surface area contributed by atoms with E-state index in [4.69, 9.17) is 0 Å². The fourth-order valence-electron chi connectivity index (χ4n) is 1.01. The van der Waals surface area contributed by atoms with Crippen LogP contribution in [-0.2, 0) is 21.0 Å². The number of benzene rings is 1. The first kappa shape index (κ1) is 15.1. The minimum Gasteiger partial charge on any atom is -0.428 e. The van der Waals surface area contributed by atoms with Gasteiger partial charge in [-0.2, -0.15) is 5.48 Å². The summed E-state index contributed by atoms with van der Waals surface area (Å²) < 4.78 is 4.82. The number of nitrogens with one attached hydrogen (secondary N) is 1. The number of hydrogen-bond donors (Lipinski definition) is 1. The molecule has 0 bridgehead atoms. The normalized spacial score (nSPS) is 9.53. The molecule has 0 saturated heterocycles. The highest BCUT2D eigenvalue weighted by atomic mass is 127. The van der Waals surface area contributed by atoms with E-state index in [0.717, 1.165) is 0 Å². The molecule has 1 aromatic rings. The smallest absolute Gasteiger partial charge is 0.428 e. The van der Waals surface area contributed by atoms with Crippen LogP contribution < -0.4 is 5.48 Å². The van der Waals surface area contributed by atoms with E-state index in [1.807, 2.05) is 5.48 Å². The van der Waals surface area contributed by atoms with Gasteiger partial charge in [0.2, 0.25) is 0 Å². The molecule has 1 rings (SSSR count). The summed E-state index contributed by atoms with van der Waals surface area (Å²) in [6, 6.07) is 5.49. The molecule has 0 unspecified atom stereocenters. The molecule has 0 aromatic heterocycles. The zero-order valence-electron chi connectivity index (χ0n) is 9.50. The second kappa shape index (κ2) is 7.51. The predicted octanol–water partition coefficient (Wildman–Crippen LogP) is 1.71. The van der Waals surface area contributed by atoms with Crippen molar-refractivity contribution in [3.8, 4) is 0 Å². The van der Waals surface area contributed by atoms with Crippen LogP contribution in [0.4, 0.5) is 10.5 Å². The molecule has 0 aliphatic rings. The summed E-state index contributed by atoms with van der Waals surface area (Å²) in [5.41, 5.74) is 2.39. The Morgan fingerprint density at radius 2 is 1.95 bits per heavy atom. The summed E-state index contributed by atoms with van der Waals surface area (Å²) in [4.78, 5) is 36.0. The van der Waals surface area contributed by atoms with Crippen molar-refractivity contribution in [1.82, 2.24) is 5.48 Å². The van der Waals surface area contributed by atoms with Gasteiger partial charge in [0, 0.05) is 12.1 Å². The van der Waals surface area contributed by atoms with Crippen LogP contribution in [0.15, 0.2) is 24.3 Å². The fraction of sp³-hybridized carbons (Fsp3) is 0.200. The number of halogens is 1. The highest BCUT2D eigenvalue weighted by Gasteiger charge is 2.08. The Balaban J connectivity index is 2.37. The summed E-state index contributed by atoms with van der Waals surface area (Å²) in [5.74, 6) is -0.465. The van der Waals surface area contributed by atoms with Gasteiger partial charge >= 0.3 is 6.16 Å². The van der Waals surface area contributed by atoms with Crippen molar-refractivity contribution in [3.63, 3.8) is 0 Å². The molecule has 9 heteroatoms. The highest BCUT2D eigenvalue weighted by Crippen LogP contribution is 2.12. The molecule has 0 heterocycles. The summed E-state index contributed by atoms with van der Waals surface area (Å²) in [7, 11) is 0. The van der Waals surface area contributed by atoms with Gasteiger partial charge < -0.3 is 9.57 Å². The van der Waals surface area contributed by atoms with E-state index in [2.05, 4.69) is 9.57 Å². The number of non-ortho nitro benzene ring substituents is 1. The average Bonchev–Trinajstić information content (AvgIpc) is 2.42. The Kier molecular flexibility index (Phi) is 5.99. The van der Waals surface area contributed by atoms with Crippen LogP contribution in [0.2, 0.25) is 0 Å². The quantitative estimate of drug-likeness (QED) is 0.280. The number of carbonyl (C=O) groups is 2. The van der Waals surface area contributed by atoms with E-state index in [0.29, 0.717) is 5.56 Å². The van der Waals surface area contributed by atoms with Gasteiger partial charge in [-0.3, -0.25) is 14.9 Å².